The zero-order valence-corrected chi connectivity index (χ0v) is 19.5. The highest BCUT2D eigenvalue weighted by Crippen LogP contribution is 2.41. The van der Waals surface area contributed by atoms with Gasteiger partial charge >= 0.3 is 0 Å². The third-order valence-electron chi connectivity index (χ3n) is 5.95. The van der Waals surface area contributed by atoms with Crippen molar-refractivity contribution in [3.05, 3.63) is 0 Å². The molecule has 0 spiro atoms. The summed E-state index contributed by atoms with van der Waals surface area (Å²) in [6.07, 6.45) is 11.1. The molecule has 0 aromatic heterocycles. The molecule has 0 saturated heterocycles. The molecule has 2 aliphatic rings. The molecule has 2 fully saturated rings. The van der Waals surface area contributed by atoms with Crippen LogP contribution < -0.4 is 10.6 Å². The molecule has 25 heavy (non-hydrogen) atoms. The molecule has 2 saturated carbocycles. The third-order valence-corrected chi connectivity index (χ3v) is 7.70. The van der Waals surface area contributed by atoms with Gasteiger partial charge in [0.05, 0.1) is 0 Å². The van der Waals surface area contributed by atoms with Gasteiger partial charge in [0, 0.05) is 40.9 Å². The summed E-state index contributed by atoms with van der Waals surface area (Å²) in [6.45, 7) is 8.30. The Labute approximate surface area is 174 Å². The molecular formula is C19H38IN3OS. The van der Waals surface area contributed by atoms with Crippen LogP contribution in [0, 0.1) is 5.41 Å². The van der Waals surface area contributed by atoms with Crippen molar-refractivity contribution < 1.29 is 4.21 Å². The van der Waals surface area contributed by atoms with Crippen LogP contribution in [-0.2, 0) is 10.8 Å². The number of nitrogens with one attached hydrogen (secondary N) is 2. The Kier molecular flexibility index (Phi) is 10.9. The van der Waals surface area contributed by atoms with Gasteiger partial charge in [-0.25, -0.2) is 0 Å². The van der Waals surface area contributed by atoms with Crippen molar-refractivity contribution in [1.29, 1.82) is 0 Å². The normalized spacial score (nSPS) is 27.4. The molecule has 0 aromatic carbocycles. The topological polar surface area (TPSA) is 53.5 Å². The van der Waals surface area contributed by atoms with Gasteiger partial charge in [0.1, 0.15) is 0 Å². The van der Waals surface area contributed by atoms with Crippen LogP contribution >= 0.6 is 24.0 Å². The molecule has 0 bridgehead atoms. The summed E-state index contributed by atoms with van der Waals surface area (Å²) in [4.78, 5) is 4.94. The van der Waals surface area contributed by atoms with Crippen LogP contribution in [0.3, 0.4) is 0 Å². The summed E-state index contributed by atoms with van der Waals surface area (Å²) >= 11 is 0. The minimum Gasteiger partial charge on any atom is -0.357 e. The molecule has 0 heterocycles. The van der Waals surface area contributed by atoms with Crippen LogP contribution in [0.5, 0.6) is 0 Å². The van der Waals surface area contributed by atoms with Crippen molar-refractivity contribution in [2.45, 2.75) is 89.9 Å². The summed E-state index contributed by atoms with van der Waals surface area (Å²) < 4.78 is 12.1. The summed E-state index contributed by atoms with van der Waals surface area (Å²) in [7, 11) is -0.667. The van der Waals surface area contributed by atoms with E-state index >= 15 is 0 Å². The lowest BCUT2D eigenvalue weighted by Gasteiger charge is -2.31. The molecule has 6 heteroatoms. The first-order valence-corrected chi connectivity index (χ1v) is 11.4. The van der Waals surface area contributed by atoms with E-state index in [9.17, 15) is 4.21 Å². The molecule has 0 amide bonds. The Morgan fingerprint density at radius 1 is 1.16 bits per heavy atom. The number of guanidine groups is 1. The van der Waals surface area contributed by atoms with Gasteiger partial charge in [-0.2, -0.15) is 0 Å². The molecule has 3 unspecified atom stereocenters. The van der Waals surface area contributed by atoms with E-state index in [4.69, 9.17) is 4.99 Å². The standard InChI is InChI=1S/C19H37N3OS.HI/c1-4-19(12-7-8-13-19)15-21-18(20-5-2)22-16-10-9-11-17(14-16)24(23)6-3;/h16-17H,4-15H2,1-3H3,(H2,20,21,22);1H. The van der Waals surface area contributed by atoms with Crippen LogP contribution in [0.2, 0.25) is 0 Å². The zero-order chi connectivity index (χ0) is 17.4. The van der Waals surface area contributed by atoms with Gasteiger partial charge in [-0.05, 0) is 50.9 Å². The Bertz CT molecular complexity index is 438. The van der Waals surface area contributed by atoms with Crippen molar-refractivity contribution in [3.8, 4) is 0 Å². The van der Waals surface area contributed by atoms with Crippen LogP contribution in [0.15, 0.2) is 4.99 Å². The summed E-state index contributed by atoms with van der Waals surface area (Å²) in [5, 5.41) is 7.41. The monoisotopic (exact) mass is 483 g/mol. The first kappa shape index (κ1) is 23.2. The first-order valence-electron chi connectivity index (χ1n) is 10.0. The second kappa shape index (κ2) is 11.8. The molecule has 3 atom stereocenters. The lowest BCUT2D eigenvalue weighted by Crippen LogP contribution is -2.47. The Morgan fingerprint density at radius 2 is 1.88 bits per heavy atom. The number of nitrogens with zero attached hydrogens (tertiary/aromatic N) is 1. The van der Waals surface area contributed by atoms with Crippen molar-refractivity contribution >= 4 is 40.7 Å². The highest BCUT2D eigenvalue weighted by molar-refractivity contribution is 14.0. The molecule has 2 rings (SSSR count). The van der Waals surface area contributed by atoms with E-state index in [0.717, 1.165) is 37.6 Å². The maximum absolute atomic E-state index is 12.1. The lowest BCUT2D eigenvalue weighted by atomic mass is 9.83. The van der Waals surface area contributed by atoms with Crippen molar-refractivity contribution in [2.75, 3.05) is 18.8 Å². The van der Waals surface area contributed by atoms with Gasteiger partial charge in [0.15, 0.2) is 5.96 Å². The van der Waals surface area contributed by atoms with E-state index < -0.39 is 10.8 Å². The molecule has 0 aromatic rings. The number of halogens is 1. The average Bonchev–Trinajstić information content (AvgIpc) is 3.09. The SMILES string of the molecule is CCNC(=NCC1(CC)CCCC1)NC1CCCC(S(=O)CC)C1.I. The average molecular weight is 484 g/mol. The van der Waals surface area contributed by atoms with E-state index in [2.05, 4.69) is 24.5 Å². The minimum absolute atomic E-state index is 0. The van der Waals surface area contributed by atoms with Gasteiger partial charge < -0.3 is 10.6 Å². The fourth-order valence-corrected chi connectivity index (χ4v) is 5.61. The van der Waals surface area contributed by atoms with E-state index in [1.54, 1.807) is 0 Å². The summed E-state index contributed by atoms with van der Waals surface area (Å²) in [5.41, 5.74) is 0.432. The third kappa shape index (κ3) is 7.00. The maximum atomic E-state index is 12.1. The maximum Gasteiger partial charge on any atom is 0.191 e. The fraction of sp³-hybridized carbons (Fsp3) is 0.947. The fourth-order valence-electron chi connectivity index (χ4n) is 4.26. The number of hydrogen-bond donors (Lipinski definition) is 2. The number of rotatable bonds is 7. The van der Waals surface area contributed by atoms with E-state index in [-0.39, 0.29) is 24.0 Å². The predicted molar refractivity (Wildman–Crippen MR) is 120 cm³/mol. The second-order valence-corrected chi connectivity index (χ2v) is 9.56. The molecule has 148 valence electrons. The predicted octanol–water partition coefficient (Wildman–Crippen LogP) is 4.21. The molecule has 4 nitrogen and oxygen atoms in total. The van der Waals surface area contributed by atoms with Gasteiger partial charge in [0.2, 0.25) is 0 Å². The first-order chi connectivity index (χ1) is 11.6. The second-order valence-electron chi connectivity index (χ2n) is 7.56. The van der Waals surface area contributed by atoms with Gasteiger partial charge in [-0.1, -0.05) is 33.1 Å². The molecule has 0 aliphatic heterocycles. The Balaban J connectivity index is 0.00000312. The van der Waals surface area contributed by atoms with Crippen molar-refractivity contribution in [2.24, 2.45) is 10.4 Å². The van der Waals surface area contributed by atoms with E-state index in [0.29, 0.717) is 16.7 Å². The molecule has 0 radical (unpaired) electrons. The molecular weight excluding hydrogens is 445 g/mol. The summed E-state index contributed by atoms with van der Waals surface area (Å²) in [5.74, 6) is 1.75. The van der Waals surface area contributed by atoms with Crippen LogP contribution in [0.25, 0.3) is 0 Å². The van der Waals surface area contributed by atoms with Gasteiger partial charge in [-0.15, -0.1) is 24.0 Å². The molecule has 2 aliphatic carbocycles. The van der Waals surface area contributed by atoms with E-state index in [1.807, 2.05) is 6.92 Å². The summed E-state index contributed by atoms with van der Waals surface area (Å²) in [6, 6.07) is 0.415. The highest BCUT2D eigenvalue weighted by atomic mass is 127. The zero-order valence-electron chi connectivity index (χ0n) is 16.3. The smallest absolute Gasteiger partial charge is 0.191 e. The molecule has 2 N–H and O–H groups in total. The largest absolute Gasteiger partial charge is 0.357 e. The van der Waals surface area contributed by atoms with Crippen LogP contribution in [0.1, 0.15) is 78.6 Å². The van der Waals surface area contributed by atoms with E-state index in [1.165, 1.54) is 44.9 Å². The van der Waals surface area contributed by atoms with Crippen molar-refractivity contribution in [3.63, 3.8) is 0 Å². The quantitative estimate of drug-likeness (QED) is 0.324. The number of hydrogen-bond acceptors (Lipinski definition) is 2. The highest BCUT2D eigenvalue weighted by Gasteiger charge is 2.32. The Morgan fingerprint density at radius 3 is 2.48 bits per heavy atom. The van der Waals surface area contributed by atoms with Crippen LogP contribution in [0.4, 0.5) is 0 Å². The number of aliphatic imine (C=N–C) groups is 1. The van der Waals surface area contributed by atoms with Gasteiger partial charge in [-0.3, -0.25) is 9.20 Å². The van der Waals surface area contributed by atoms with Crippen LogP contribution in [-0.4, -0.2) is 40.3 Å². The van der Waals surface area contributed by atoms with Gasteiger partial charge in [0.25, 0.3) is 0 Å². The minimum atomic E-state index is -0.667. The van der Waals surface area contributed by atoms with Crippen molar-refractivity contribution in [1.82, 2.24) is 10.6 Å². The Hall–Kier alpha value is 0.150. The lowest BCUT2D eigenvalue weighted by molar-refractivity contribution is 0.296.